The average molecular weight is 408 g/mol. The van der Waals surface area contributed by atoms with E-state index >= 15 is 0 Å². The Hall–Kier alpha value is -2.00. The molecule has 4 heteroatoms. The second-order valence-corrected chi connectivity index (χ2v) is 8.68. The fourth-order valence-electron chi connectivity index (χ4n) is 3.70. The smallest absolute Gasteiger partial charge is 0.0712 e. The molecular formula is C23H15Cl2NS. The third-order valence-corrected chi connectivity index (χ3v) is 6.87. The number of hydrogen-bond acceptors (Lipinski definition) is 2. The van der Waals surface area contributed by atoms with Gasteiger partial charge in [0.25, 0.3) is 0 Å². The van der Waals surface area contributed by atoms with Crippen molar-refractivity contribution in [2.75, 3.05) is 0 Å². The van der Waals surface area contributed by atoms with Gasteiger partial charge >= 0.3 is 0 Å². The van der Waals surface area contributed by atoms with Crippen molar-refractivity contribution < 1.29 is 0 Å². The molecule has 5 rings (SSSR count). The zero-order chi connectivity index (χ0) is 18.4. The standard InChI is InChI=1S/C23H15Cl2NS/c24-15-10-11-16(18(25)12-15)21-13-20-23(27-21)22(14-6-2-1-3-7-14)17-8-4-5-9-19(17)26-20/h1-12,21H,13H2. The van der Waals surface area contributed by atoms with Crippen LogP contribution in [0.2, 0.25) is 10.0 Å². The number of nitrogens with zero attached hydrogens (tertiary/aromatic N) is 1. The van der Waals surface area contributed by atoms with E-state index in [0.29, 0.717) is 5.02 Å². The van der Waals surface area contributed by atoms with E-state index in [-0.39, 0.29) is 5.25 Å². The first-order chi connectivity index (χ1) is 13.2. The highest BCUT2D eigenvalue weighted by Crippen LogP contribution is 2.52. The lowest BCUT2D eigenvalue weighted by molar-refractivity contribution is 0.912. The third kappa shape index (κ3) is 3.02. The topological polar surface area (TPSA) is 12.9 Å². The van der Waals surface area contributed by atoms with Crippen molar-refractivity contribution in [2.24, 2.45) is 0 Å². The lowest BCUT2D eigenvalue weighted by Crippen LogP contribution is -1.96. The predicted molar refractivity (Wildman–Crippen MR) is 116 cm³/mol. The van der Waals surface area contributed by atoms with Gasteiger partial charge in [0.15, 0.2) is 0 Å². The molecule has 1 atom stereocenters. The molecule has 0 saturated heterocycles. The van der Waals surface area contributed by atoms with Crippen molar-refractivity contribution in [1.82, 2.24) is 4.98 Å². The van der Waals surface area contributed by atoms with Crippen LogP contribution in [0.4, 0.5) is 0 Å². The lowest BCUT2D eigenvalue weighted by Gasteiger charge is -2.13. The number of thioether (sulfide) groups is 1. The highest BCUT2D eigenvalue weighted by atomic mass is 35.5. The molecule has 0 fully saturated rings. The van der Waals surface area contributed by atoms with Crippen LogP contribution in [0.15, 0.2) is 77.7 Å². The first-order valence-electron chi connectivity index (χ1n) is 8.79. The summed E-state index contributed by atoms with van der Waals surface area (Å²) in [5.41, 5.74) is 5.80. The van der Waals surface area contributed by atoms with Gasteiger partial charge in [-0.25, -0.2) is 0 Å². The molecule has 0 saturated carbocycles. The summed E-state index contributed by atoms with van der Waals surface area (Å²) in [4.78, 5) is 6.24. The van der Waals surface area contributed by atoms with Crippen LogP contribution in [-0.4, -0.2) is 4.98 Å². The Morgan fingerprint density at radius 3 is 2.48 bits per heavy atom. The van der Waals surface area contributed by atoms with Gasteiger partial charge in [0.2, 0.25) is 0 Å². The van der Waals surface area contributed by atoms with Gasteiger partial charge in [-0.2, -0.15) is 0 Å². The van der Waals surface area contributed by atoms with E-state index in [2.05, 4.69) is 48.5 Å². The molecule has 1 unspecified atom stereocenters. The van der Waals surface area contributed by atoms with E-state index in [1.54, 1.807) is 0 Å². The van der Waals surface area contributed by atoms with Crippen LogP contribution in [-0.2, 0) is 6.42 Å². The minimum absolute atomic E-state index is 0.247. The second-order valence-electron chi connectivity index (χ2n) is 6.62. The van der Waals surface area contributed by atoms with Crippen LogP contribution in [0.1, 0.15) is 16.5 Å². The normalized spacial score (nSPS) is 15.9. The minimum Gasteiger partial charge on any atom is -0.252 e. The predicted octanol–water partition coefficient (Wildman–Crippen LogP) is 7.60. The number of hydrogen-bond donors (Lipinski definition) is 0. The molecule has 1 nitrogen and oxygen atoms in total. The Morgan fingerprint density at radius 1 is 0.889 bits per heavy atom. The number of halogens is 2. The van der Waals surface area contributed by atoms with E-state index < -0.39 is 0 Å². The third-order valence-electron chi connectivity index (χ3n) is 4.93. The van der Waals surface area contributed by atoms with E-state index in [0.717, 1.165) is 28.2 Å². The SMILES string of the molecule is Clc1ccc(C2Cc3nc4ccccc4c(-c4ccccc4)c3S2)c(Cl)c1. The monoisotopic (exact) mass is 407 g/mol. The quantitative estimate of drug-likeness (QED) is 0.339. The van der Waals surface area contributed by atoms with Crippen molar-refractivity contribution >= 4 is 45.9 Å². The van der Waals surface area contributed by atoms with E-state index in [1.807, 2.05) is 36.0 Å². The van der Waals surface area contributed by atoms with Crippen LogP contribution in [0, 0.1) is 0 Å². The van der Waals surface area contributed by atoms with Crippen LogP contribution in [0.25, 0.3) is 22.0 Å². The molecule has 0 aliphatic carbocycles. The van der Waals surface area contributed by atoms with Gasteiger partial charge in [0.1, 0.15) is 0 Å². The molecule has 1 aliphatic rings. The Morgan fingerprint density at radius 2 is 1.67 bits per heavy atom. The number of rotatable bonds is 2. The highest BCUT2D eigenvalue weighted by molar-refractivity contribution is 8.00. The van der Waals surface area contributed by atoms with Gasteiger partial charge in [0.05, 0.1) is 11.2 Å². The first kappa shape index (κ1) is 17.1. The molecule has 4 aromatic rings. The maximum atomic E-state index is 6.50. The number of fused-ring (bicyclic) bond motifs is 2. The molecule has 0 bridgehead atoms. The highest BCUT2D eigenvalue weighted by Gasteiger charge is 2.30. The summed E-state index contributed by atoms with van der Waals surface area (Å²) < 4.78 is 0. The first-order valence-corrected chi connectivity index (χ1v) is 10.4. The zero-order valence-electron chi connectivity index (χ0n) is 14.3. The van der Waals surface area contributed by atoms with Crippen molar-refractivity contribution in [3.63, 3.8) is 0 Å². The summed E-state index contributed by atoms with van der Waals surface area (Å²) in [6, 6.07) is 24.7. The number of pyridine rings is 1. The largest absolute Gasteiger partial charge is 0.252 e. The molecule has 1 aliphatic heterocycles. The van der Waals surface area contributed by atoms with Crippen LogP contribution < -0.4 is 0 Å². The van der Waals surface area contributed by atoms with E-state index in [1.165, 1.54) is 21.4 Å². The molecule has 1 aromatic heterocycles. The van der Waals surface area contributed by atoms with Crippen molar-refractivity contribution in [1.29, 1.82) is 0 Å². The van der Waals surface area contributed by atoms with Crippen molar-refractivity contribution in [2.45, 2.75) is 16.6 Å². The minimum atomic E-state index is 0.247. The molecule has 0 spiro atoms. The summed E-state index contributed by atoms with van der Waals surface area (Å²) in [5.74, 6) is 0. The fourth-order valence-corrected chi connectivity index (χ4v) is 5.77. The van der Waals surface area contributed by atoms with Gasteiger partial charge in [-0.15, -0.1) is 11.8 Å². The van der Waals surface area contributed by atoms with Crippen LogP contribution in [0.5, 0.6) is 0 Å². The van der Waals surface area contributed by atoms with Crippen LogP contribution in [0.3, 0.4) is 0 Å². The van der Waals surface area contributed by atoms with Gasteiger partial charge in [-0.3, -0.25) is 4.98 Å². The number of aromatic nitrogens is 1. The van der Waals surface area contributed by atoms with Crippen LogP contribution >= 0.6 is 35.0 Å². The molecule has 0 N–H and O–H groups in total. The lowest BCUT2D eigenvalue weighted by atomic mass is 9.98. The molecule has 2 heterocycles. The fraction of sp³-hybridized carbons (Fsp3) is 0.0870. The maximum absolute atomic E-state index is 6.50. The van der Waals surface area contributed by atoms with Crippen molar-refractivity contribution in [3.05, 3.63) is 94.1 Å². The van der Waals surface area contributed by atoms with Gasteiger partial charge in [-0.05, 0) is 29.3 Å². The maximum Gasteiger partial charge on any atom is 0.0712 e. The molecule has 0 radical (unpaired) electrons. The van der Waals surface area contributed by atoms with E-state index in [9.17, 15) is 0 Å². The molecule has 27 heavy (non-hydrogen) atoms. The summed E-state index contributed by atoms with van der Waals surface area (Å²) >= 11 is 14.4. The van der Waals surface area contributed by atoms with Gasteiger partial charge < -0.3 is 0 Å². The number of para-hydroxylation sites is 1. The zero-order valence-corrected chi connectivity index (χ0v) is 16.7. The average Bonchev–Trinajstić information content (AvgIpc) is 3.09. The van der Waals surface area contributed by atoms with E-state index in [4.69, 9.17) is 28.2 Å². The number of benzene rings is 3. The summed E-state index contributed by atoms with van der Waals surface area (Å²) in [7, 11) is 0. The summed E-state index contributed by atoms with van der Waals surface area (Å²) in [6.07, 6.45) is 0.867. The van der Waals surface area contributed by atoms with Gasteiger partial charge in [0, 0.05) is 37.6 Å². The Labute approximate surface area is 172 Å². The van der Waals surface area contributed by atoms with Gasteiger partial charge in [-0.1, -0.05) is 77.8 Å². The summed E-state index contributed by atoms with van der Waals surface area (Å²) in [6.45, 7) is 0. The summed E-state index contributed by atoms with van der Waals surface area (Å²) in [5, 5.41) is 2.83. The Balaban J connectivity index is 1.69. The van der Waals surface area contributed by atoms with Crippen molar-refractivity contribution in [3.8, 4) is 11.1 Å². The molecular weight excluding hydrogens is 393 g/mol. The second kappa shape index (κ2) is 6.87. The molecule has 132 valence electrons. The molecule has 0 amide bonds. The molecule has 3 aromatic carbocycles. The Bertz CT molecular complexity index is 1160. The Kier molecular flexibility index (Phi) is 4.35.